The van der Waals surface area contributed by atoms with Gasteiger partial charge in [-0.25, -0.2) is 9.78 Å². The van der Waals surface area contributed by atoms with Crippen LogP contribution in [0.3, 0.4) is 0 Å². The first-order valence-electron chi connectivity index (χ1n) is 6.76. The molecular weight excluding hydrogens is 262 g/mol. The Bertz CT molecular complexity index is 440. The maximum absolute atomic E-state index is 11.9. The van der Waals surface area contributed by atoms with E-state index in [-0.39, 0.29) is 24.9 Å². The Kier molecular flexibility index (Phi) is 5.11. The number of hydrogen-bond donors (Lipinski definition) is 3. The molecule has 2 atom stereocenters. The number of nitrogens with one attached hydrogen (secondary N) is 2. The minimum atomic E-state index is -1.06. The van der Waals surface area contributed by atoms with Gasteiger partial charge >= 0.3 is 5.97 Å². The molecule has 1 aromatic rings. The molecule has 0 radical (unpaired) electrons. The molecule has 20 heavy (non-hydrogen) atoms. The second kappa shape index (κ2) is 7.04. The molecule has 3 N–H and O–H groups in total. The lowest BCUT2D eigenvalue weighted by molar-refractivity contribution is -0.142. The van der Waals surface area contributed by atoms with Crippen LogP contribution >= 0.6 is 0 Å². The van der Waals surface area contributed by atoms with Crippen molar-refractivity contribution in [3.63, 3.8) is 0 Å². The van der Waals surface area contributed by atoms with Gasteiger partial charge in [0.2, 0.25) is 5.91 Å². The standard InChI is InChI=1S/C13H19N3O4/c17-12(6-10-3-1-2-4-20-10)16-11(13(18)19)5-9-7-14-8-15-9/h7-8,10-11H,1-6H2,(H,14,15)(H,16,17)(H,18,19)/t10?,11-/m1/s1. The van der Waals surface area contributed by atoms with Crippen molar-refractivity contribution in [2.24, 2.45) is 0 Å². The second-order valence-corrected chi connectivity index (χ2v) is 4.93. The third-order valence-corrected chi connectivity index (χ3v) is 3.30. The summed E-state index contributed by atoms with van der Waals surface area (Å²) in [5.41, 5.74) is 0.673. The van der Waals surface area contributed by atoms with Crippen LogP contribution in [0.25, 0.3) is 0 Å². The molecule has 1 saturated heterocycles. The highest BCUT2D eigenvalue weighted by atomic mass is 16.5. The van der Waals surface area contributed by atoms with Crippen molar-refractivity contribution < 1.29 is 19.4 Å². The summed E-state index contributed by atoms with van der Waals surface area (Å²) in [6.45, 7) is 0.675. The average Bonchev–Trinajstić information content (AvgIpc) is 2.92. The van der Waals surface area contributed by atoms with Gasteiger partial charge in [0.25, 0.3) is 0 Å². The van der Waals surface area contributed by atoms with E-state index in [1.165, 1.54) is 6.33 Å². The maximum Gasteiger partial charge on any atom is 0.326 e. The molecule has 1 amide bonds. The molecule has 1 aliphatic heterocycles. The molecule has 7 heteroatoms. The number of aromatic nitrogens is 2. The number of aliphatic carboxylic acids is 1. The van der Waals surface area contributed by atoms with Gasteiger partial charge in [-0.05, 0) is 19.3 Å². The largest absolute Gasteiger partial charge is 0.480 e. The Morgan fingerprint density at radius 1 is 1.55 bits per heavy atom. The van der Waals surface area contributed by atoms with Crippen molar-refractivity contribution in [1.29, 1.82) is 0 Å². The number of amides is 1. The number of carboxylic acids is 1. The van der Waals surface area contributed by atoms with Gasteiger partial charge in [0.05, 0.1) is 18.9 Å². The SMILES string of the molecule is O=C(CC1CCCCO1)N[C@H](Cc1cnc[nH]1)C(=O)O. The molecule has 110 valence electrons. The summed E-state index contributed by atoms with van der Waals surface area (Å²) in [6, 6.07) is -0.952. The van der Waals surface area contributed by atoms with E-state index < -0.39 is 12.0 Å². The van der Waals surface area contributed by atoms with Gasteiger partial charge < -0.3 is 20.1 Å². The summed E-state index contributed by atoms with van der Waals surface area (Å²) >= 11 is 0. The van der Waals surface area contributed by atoms with E-state index in [9.17, 15) is 9.59 Å². The van der Waals surface area contributed by atoms with Crippen LogP contribution in [0.15, 0.2) is 12.5 Å². The first-order valence-corrected chi connectivity index (χ1v) is 6.76. The van der Waals surface area contributed by atoms with Crippen LogP contribution in [0.2, 0.25) is 0 Å². The number of aromatic amines is 1. The van der Waals surface area contributed by atoms with Gasteiger partial charge in [-0.3, -0.25) is 4.79 Å². The summed E-state index contributed by atoms with van der Waals surface area (Å²) in [5, 5.41) is 11.7. The van der Waals surface area contributed by atoms with Crippen molar-refractivity contribution >= 4 is 11.9 Å². The Labute approximate surface area is 116 Å². The Morgan fingerprint density at radius 3 is 3.00 bits per heavy atom. The number of imidazole rings is 1. The predicted molar refractivity (Wildman–Crippen MR) is 70.1 cm³/mol. The van der Waals surface area contributed by atoms with Crippen molar-refractivity contribution in [2.75, 3.05) is 6.61 Å². The van der Waals surface area contributed by atoms with Gasteiger partial charge in [0, 0.05) is 24.9 Å². The summed E-state index contributed by atoms with van der Waals surface area (Å²) in [6.07, 6.45) is 6.26. The Balaban J connectivity index is 1.83. The van der Waals surface area contributed by atoms with Crippen LogP contribution in [-0.2, 0) is 20.7 Å². The summed E-state index contributed by atoms with van der Waals surface area (Å²) < 4.78 is 5.47. The Hall–Kier alpha value is -1.89. The van der Waals surface area contributed by atoms with E-state index in [1.807, 2.05) is 0 Å². The quantitative estimate of drug-likeness (QED) is 0.703. The maximum atomic E-state index is 11.9. The van der Waals surface area contributed by atoms with E-state index in [0.717, 1.165) is 19.3 Å². The molecule has 0 bridgehead atoms. The number of carbonyl (C=O) groups is 2. The third kappa shape index (κ3) is 4.34. The lowest BCUT2D eigenvalue weighted by Crippen LogP contribution is -2.43. The zero-order valence-electron chi connectivity index (χ0n) is 11.2. The fourth-order valence-corrected chi connectivity index (χ4v) is 2.24. The monoisotopic (exact) mass is 281 g/mol. The average molecular weight is 281 g/mol. The molecule has 1 aliphatic rings. The topological polar surface area (TPSA) is 104 Å². The fraction of sp³-hybridized carbons (Fsp3) is 0.615. The molecule has 2 heterocycles. The van der Waals surface area contributed by atoms with Gasteiger partial charge in [0.1, 0.15) is 6.04 Å². The van der Waals surface area contributed by atoms with Crippen molar-refractivity contribution in [3.8, 4) is 0 Å². The number of rotatable bonds is 6. The summed E-state index contributed by atoms with van der Waals surface area (Å²) in [4.78, 5) is 29.7. The van der Waals surface area contributed by atoms with Crippen LogP contribution in [0, 0.1) is 0 Å². The number of carbonyl (C=O) groups excluding carboxylic acids is 1. The van der Waals surface area contributed by atoms with Gasteiger partial charge in [-0.2, -0.15) is 0 Å². The smallest absolute Gasteiger partial charge is 0.326 e. The fourth-order valence-electron chi connectivity index (χ4n) is 2.24. The van der Waals surface area contributed by atoms with Crippen LogP contribution in [0.1, 0.15) is 31.4 Å². The lowest BCUT2D eigenvalue weighted by atomic mass is 10.1. The zero-order valence-corrected chi connectivity index (χ0v) is 11.2. The van der Waals surface area contributed by atoms with Gasteiger partial charge in [0.15, 0.2) is 0 Å². The molecule has 1 aromatic heterocycles. The van der Waals surface area contributed by atoms with E-state index in [1.54, 1.807) is 6.20 Å². The van der Waals surface area contributed by atoms with Crippen LogP contribution in [-0.4, -0.2) is 45.7 Å². The molecule has 0 saturated carbocycles. The Morgan fingerprint density at radius 2 is 2.40 bits per heavy atom. The predicted octanol–water partition coefficient (Wildman–Crippen LogP) is 0.481. The number of carboxylic acid groups (broad SMARTS) is 1. The number of nitrogens with zero attached hydrogens (tertiary/aromatic N) is 1. The molecule has 7 nitrogen and oxygen atoms in total. The molecule has 0 aliphatic carbocycles. The highest BCUT2D eigenvalue weighted by molar-refractivity contribution is 5.83. The number of ether oxygens (including phenoxy) is 1. The van der Waals surface area contributed by atoms with Gasteiger partial charge in [-0.15, -0.1) is 0 Å². The third-order valence-electron chi connectivity index (χ3n) is 3.30. The first-order chi connectivity index (χ1) is 9.65. The molecule has 1 unspecified atom stereocenters. The number of H-pyrrole nitrogens is 1. The normalized spacial score (nSPS) is 20.3. The minimum Gasteiger partial charge on any atom is -0.480 e. The van der Waals surface area contributed by atoms with Crippen LogP contribution in [0.5, 0.6) is 0 Å². The van der Waals surface area contributed by atoms with E-state index in [0.29, 0.717) is 12.3 Å². The number of hydrogen-bond acceptors (Lipinski definition) is 4. The second-order valence-electron chi connectivity index (χ2n) is 4.93. The lowest BCUT2D eigenvalue weighted by Gasteiger charge is -2.22. The minimum absolute atomic E-state index is 0.0923. The molecule has 1 fully saturated rings. The molecular formula is C13H19N3O4. The van der Waals surface area contributed by atoms with Gasteiger partial charge in [-0.1, -0.05) is 0 Å². The zero-order chi connectivity index (χ0) is 14.4. The highest BCUT2D eigenvalue weighted by Crippen LogP contribution is 2.15. The van der Waals surface area contributed by atoms with E-state index >= 15 is 0 Å². The molecule has 0 spiro atoms. The van der Waals surface area contributed by atoms with Crippen LogP contribution in [0.4, 0.5) is 0 Å². The van der Waals surface area contributed by atoms with Crippen molar-refractivity contribution in [3.05, 3.63) is 18.2 Å². The molecule has 2 rings (SSSR count). The summed E-state index contributed by atoms with van der Waals surface area (Å²) in [7, 11) is 0. The molecule has 0 aromatic carbocycles. The highest BCUT2D eigenvalue weighted by Gasteiger charge is 2.23. The van der Waals surface area contributed by atoms with Crippen LogP contribution < -0.4 is 5.32 Å². The van der Waals surface area contributed by atoms with E-state index in [2.05, 4.69) is 15.3 Å². The van der Waals surface area contributed by atoms with Crippen molar-refractivity contribution in [2.45, 2.75) is 44.2 Å². The first kappa shape index (κ1) is 14.5. The van der Waals surface area contributed by atoms with E-state index in [4.69, 9.17) is 9.84 Å². The van der Waals surface area contributed by atoms with Crippen molar-refractivity contribution in [1.82, 2.24) is 15.3 Å². The summed E-state index contributed by atoms with van der Waals surface area (Å²) in [5.74, 6) is -1.35.